The highest BCUT2D eigenvalue weighted by Gasteiger charge is 2.17. The van der Waals surface area contributed by atoms with E-state index in [-0.39, 0.29) is 17.0 Å². The van der Waals surface area contributed by atoms with Crippen molar-refractivity contribution < 1.29 is 9.50 Å². The van der Waals surface area contributed by atoms with E-state index in [9.17, 15) is 9.50 Å². The van der Waals surface area contributed by atoms with Gasteiger partial charge in [0.15, 0.2) is 11.6 Å². The fraction of sp³-hybridized carbons (Fsp3) is 0.222. The minimum absolute atomic E-state index is 0.0310. The standard InChI is InChI=1S/C9H8ClFN2O/c10-5-1-2-6(11)9(14)8(5)7(13)3-4-12/h1-2,7,14H,3,13H2. The molecule has 0 saturated carbocycles. The summed E-state index contributed by atoms with van der Waals surface area (Å²) in [7, 11) is 0. The van der Waals surface area contributed by atoms with Crippen LogP contribution in [0.1, 0.15) is 18.0 Å². The van der Waals surface area contributed by atoms with Crippen LogP contribution in [0.2, 0.25) is 5.02 Å². The van der Waals surface area contributed by atoms with Gasteiger partial charge in [0.2, 0.25) is 0 Å². The number of phenols is 1. The van der Waals surface area contributed by atoms with Gasteiger partial charge in [0, 0.05) is 16.6 Å². The van der Waals surface area contributed by atoms with Crippen molar-refractivity contribution in [3.8, 4) is 11.8 Å². The molecule has 74 valence electrons. The Kier molecular flexibility index (Phi) is 3.28. The second-order valence-electron chi connectivity index (χ2n) is 2.76. The van der Waals surface area contributed by atoms with Gasteiger partial charge in [0.05, 0.1) is 12.5 Å². The van der Waals surface area contributed by atoms with Crippen molar-refractivity contribution >= 4 is 11.6 Å². The molecule has 3 N–H and O–H groups in total. The molecule has 14 heavy (non-hydrogen) atoms. The number of nitrogens with two attached hydrogens (primary N) is 1. The third-order valence-electron chi connectivity index (χ3n) is 1.80. The predicted octanol–water partition coefficient (Wildman–Crippen LogP) is 2.10. The van der Waals surface area contributed by atoms with Crippen LogP contribution in [-0.4, -0.2) is 5.11 Å². The molecule has 0 aliphatic heterocycles. The molecule has 0 saturated heterocycles. The quantitative estimate of drug-likeness (QED) is 0.792. The number of nitrogens with zero attached hydrogens (tertiary/aromatic N) is 1. The summed E-state index contributed by atoms with van der Waals surface area (Å²) in [5.41, 5.74) is 5.62. The molecule has 0 aromatic heterocycles. The molecule has 5 heteroatoms. The number of rotatable bonds is 2. The molecular formula is C9H8ClFN2O. The van der Waals surface area contributed by atoms with Crippen LogP contribution >= 0.6 is 11.6 Å². The van der Waals surface area contributed by atoms with E-state index >= 15 is 0 Å². The van der Waals surface area contributed by atoms with Crippen LogP contribution in [-0.2, 0) is 0 Å². The third-order valence-corrected chi connectivity index (χ3v) is 2.13. The summed E-state index contributed by atoms with van der Waals surface area (Å²) in [6.07, 6.45) is -0.0310. The van der Waals surface area contributed by atoms with Crippen molar-refractivity contribution in [3.63, 3.8) is 0 Å². The number of aromatic hydroxyl groups is 1. The molecule has 0 radical (unpaired) electrons. The maximum atomic E-state index is 12.9. The Bertz CT molecular complexity index is 389. The monoisotopic (exact) mass is 214 g/mol. The highest BCUT2D eigenvalue weighted by Crippen LogP contribution is 2.33. The highest BCUT2D eigenvalue weighted by molar-refractivity contribution is 6.31. The zero-order valence-corrected chi connectivity index (χ0v) is 7.92. The number of halogens is 2. The van der Waals surface area contributed by atoms with Gasteiger partial charge in [-0.25, -0.2) is 4.39 Å². The van der Waals surface area contributed by atoms with Gasteiger partial charge in [-0.1, -0.05) is 11.6 Å². The van der Waals surface area contributed by atoms with Crippen molar-refractivity contribution in [2.24, 2.45) is 5.73 Å². The van der Waals surface area contributed by atoms with E-state index in [0.717, 1.165) is 6.07 Å². The smallest absolute Gasteiger partial charge is 0.165 e. The number of nitriles is 1. The SMILES string of the molecule is N#CCC(N)c1c(Cl)ccc(F)c1O. The van der Waals surface area contributed by atoms with E-state index < -0.39 is 17.6 Å². The molecule has 0 bridgehead atoms. The predicted molar refractivity (Wildman–Crippen MR) is 50.2 cm³/mol. The Labute approximate surface area is 85.5 Å². The van der Waals surface area contributed by atoms with Crippen LogP contribution in [0.25, 0.3) is 0 Å². The number of hydrogen-bond acceptors (Lipinski definition) is 3. The molecule has 0 aliphatic rings. The van der Waals surface area contributed by atoms with E-state index in [4.69, 9.17) is 22.6 Å². The maximum Gasteiger partial charge on any atom is 0.165 e. The molecule has 1 aromatic carbocycles. The minimum Gasteiger partial charge on any atom is -0.505 e. The van der Waals surface area contributed by atoms with Crippen LogP contribution in [0.3, 0.4) is 0 Å². The first kappa shape index (κ1) is 10.8. The summed E-state index contributed by atoms with van der Waals surface area (Å²) in [5, 5.41) is 17.9. The van der Waals surface area contributed by atoms with Crippen LogP contribution in [0.4, 0.5) is 4.39 Å². The van der Waals surface area contributed by atoms with Crippen molar-refractivity contribution in [1.29, 1.82) is 5.26 Å². The van der Waals surface area contributed by atoms with Gasteiger partial charge in [-0.15, -0.1) is 0 Å². The second-order valence-corrected chi connectivity index (χ2v) is 3.17. The van der Waals surface area contributed by atoms with Gasteiger partial charge in [-0.05, 0) is 12.1 Å². The lowest BCUT2D eigenvalue weighted by molar-refractivity contribution is 0.421. The van der Waals surface area contributed by atoms with Crippen LogP contribution in [0, 0.1) is 17.1 Å². The van der Waals surface area contributed by atoms with Crippen molar-refractivity contribution in [1.82, 2.24) is 0 Å². The summed E-state index contributed by atoms with van der Waals surface area (Å²) in [5.74, 6) is -1.38. The summed E-state index contributed by atoms with van der Waals surface area (Å²) < 4.78 is 12.9. The van der Waals surface area contributed by atoms with Gasteiger partial charge in [0.1, 0.15) is 0 Å². The second kappa shape index (κ2) is 4.27. The summed E-state index contributed by atoms with van der Waals surface area (Å²) in [6.45, 7) is 0. The highest BCUT2D eigenvalue weighted by atomic mass is 35.5. The van der Waals surface area contributed by atoms with Gasteiger partial charge in [-0.2, -0.15) is 5.26 Å². The molecule has 1 aromatic rings. The van der Waals surface area contributed by atoms with Gasteiger partial charge < -0.3 is 10.8 Å². The summed E-state index contributed by atoms with van der Waals surface area (Å²) in [4.78, 5) is 0. The molecule has 0 spiro atoms. The first-order valence-corrected chi connectivity index (χ1v) is 4.25. The fourth-order valence-electron chi connectivity index (χ4n) is 1.11. The molecule has 1 unspecified atom stereocenters. The van der Waals surface area contributed by atoms with E-state index in [2.05, 4.69) is 0 Å². The Balaban J connectivity index is 3.19. The number of benzene rings is 1. The molecule has 0 aliphatic carbocycles. The minimum atomic E-state index is -0.794. The Hall–Kier alpha value is -1.31. The third kappa shape index (κ3) is 1.95. The molecule has 0 fully saturated rings. The summed E-state index contributed by atoms with van der Waals surface area (Å²) >= 11 is 5.72. The van der Waals surface area contributed by atoms with Gasteiger partial charge >= 0.3 is 0 Å². The lowest BCUT2D eigenvalue weighted by atomic mass is 10.0. The lowest BCUT2D eigenvalue weighted by Gasteiger charge is -2.12. The molecule has 1 atom stereocenters. The number of phenolic OH excluding ortho intramolecular Hbond substituents is 1. The van der Waals surface area contributed by atoms with Crippen LogP contribution in [0.5, 0.6) is 5.75 Å². The van der Waals surface area contributed by atoms with Gasteiger partial charge in [-0.3, -0.25) is 0 Å². The lowest BCUT2D eigenvalue weighted by Crippen LogP contribution is -2.10. The van der Waals surface area contributed by atoms with Gasteiger partial charge in [0.25, 0.3) is 0 Å². The molecule has 1 rings (SSSR count). The van der Waals surface area contributed by atoms with E-state index in [1.54, 1.807) is 0 Å². The fourth-order valence-corrected chi connectivity index (χ4v) is 1.40. The number of hydrogen-bond donors (Lipinski definition) is 2. The zero-order valence-electron chi connectivity index (χ0n) is 7.17. The summed E-state index contributed by atoms with van der Waals surface area (Å²) in [6, 6.07) is 3.38. The molecule has 0 heterocycles. The van der Waals surface area contributed by atoms with Crippen molar-refractivity contribution in [3.05, 3.63) is 28.5 Å². The average molecular weight is 215 g/mol. The Morgan fingerprint density at radius 2 is 2.29 bits per heavy atom. The zero-order chi connectivity index (χ0) is 10.7. The van der Waals surface area contributed by atoms with E-state index in [0.29, 0.717) is 0 Å². The maximum absolute atomic E-state index is 12.9. The average Bonchev–Trinajstić information content (AvgIpc) is 2.13. The van der Waals surface area contributed by atoms with Crippen LogP contribution in [0.15, 0.2) is 12.1 Å². The first-order valence-electron chi connectivity index (χ1n) is 3.87. The van der Waals surface area contributed by atoms with Crippen molar-refractivity contribution in [2.45, 2.75) is 12.5 Å². The Morgan fingerprint density at radius 1 is 1.64 bits per heavy atom. The Morgan fingerprint density at radius 3 is 2.86 bits per heavy atom. The van der Waals surface area contributed by atoms with Crippen LogP contribution < -0.4 is 5.73 Å². The van der Waals surface area contributed by atoms with Crippen molar-refractivity contribution in [2.75, 3.05) is 0 Å². The molecule has 3 nitrogen and oxygen atoms in total. The first-order chi connectivity index (χ1) is 6.57. The van der Waals surface area contributed by atoms with E-state index in [1.165, 1.54) is 6.07 Å². The normalized spacial score (nSPS) is 12.1. The largest absolute Gasteiger partial charge is 0.505 e. The topological polar surface area (TPSA) is 70.0 Å². The molecule has 0 amide bonds. The molecular weight excluding hydrogens is 207 g/mol. The van der Waals surface area contributed by atoms with E-state index in [1.807, 2.05) is 6.07 Å².